The molecule has 1 aliphatic heterocycles. The van der Waals surface area contributed by atoms with Gasteiger partial charge in [-0.3, -0.25) is 4.98 Å². The fourth-order valence-corrected chi connectivity index (χ4v) is 4.54. The molecule has 2 aromatic heterocycles. The molecule has 4 nitrogen and oxygen atoms in total. The highest BCUT2D eigenvalue weighted by atomic mass is 32.1. The number of nitrogens with zero attached hydrogens (tertiary/aromatic N) is 3. The lowest BCUT2D eigenvalue weighted by atomic mass is 9.97. The first kappa shape index (κ1) is 18.6. The third-order valence-corrected chi connectivity index (χ3v) is 5.77. The van der Waals surface area contributed by atoms with Crippen LogP contribution in [0.15, 0.2) is 54.7 Å². The number of nitrogens with one attached hydrogen (secondary N) is 1. The molecular weight excluding hydrogens is 371 g/mol. The molecule has 0 aliphatic carbocycles. The quantitative estimate of drug-likeness (QED) is 0.655. The Morgan fingerprint density at radius 3 is 2.57 bits per heavy atom. The van der Waals surface area contributed by atoms with E-state index in [1.807, 2.05) is 48.7 Å². The van der Waals surface area contributed by atoms with Gasteiger partial charge in [-0.25, -0.2) is 4.39 Å². The molecule has 1 N–H and O–H groups in total. The molecule has 6 heteroatoms. The van der Waals surface area contributed by atoms with E-state index in [-0.39, 0.29) is 17.9 Å². The van der Waals surface area contributed by atoms with E-state index in [2.05, 4.69) is 28.2 Å². The van der Waals surface area contributed by atoms with Crippen LogP contribution in [0.25, 0.3) is 5.69 Å². The Morgan fingerprint density at radius 2 is 1.89 bits per heavy atom. The van der Waals surface area contributed by atoms with Crippen molar-refractivity contribution in [3.05, 3.63) is 83.2 Å². The lowest BCUT2D eigenvalue weighted by molar-refractivity contribution is 0.329. The molecule has 3 aromatic rings. The van der Waals surface area contributed by atoms with Crippen LogP contribution in [0, 0.1) is 19.7 Å². The standard InChI is InChI=1S/C22H23FN4S/c1-4-26-21(20(25-22(26)28)18-10-7-8-12-24-18)16-13-14(2)27(15(16)3)19-11-6-5-9-17(19)23/h5-13,20-21H,4H2,1-3H3,(H,25,28)/t20-,21-/m1/s1. The van der Waals surface area contributed by atoms with Gasteiger partial charge in [0.05, 0.1) is 23.5 Å². The molecule has 3 heterocycles. The molecular formula is C22H23FN4S. The topological polar surface area (TPSA) is 33.1 Å². The highest BCUT2D eigenvalue weighted by Crippen LogP contribution is 2.41. The zero-order chi connectivity index (χ0) is 19.8. The van der Waals surface area contributed by atoms with Crippen molar-refractivity contribution in [2.45, 2.75) is 32.9 Å². The summed E-state index contributed by atoms with van der Waals surface area (Å²) in [6.07, 6.45) is 1.80. The molecule has 0 bridgehead atoms. The zero-order valence-corrected chi connectivity index (χ0v) is 17.0. The van der Waals surface area contributed by atoms with Crippen LogP contribution in [0.2, 0.25) is 0 Å². The number of aromatic nitrogens is 2. The van der Waals surface area contributed by atoms with Gasteiger partial charge in [-0.1, -0.05) is 18.2 Å². The van der Waals surface area contributed by atoms with E-state index >= 15 is 0 Å². The van der Waals surface area contributed by atoms with Crippen molar-refractivity contribution in [2.75, 3.05) is 6.54 Å². The molecule has 2 atom stereocenters. The van der Waals surface area contributed by atoms with Crippen LogP contribution in [-0.4, -0.2) is 26.1 Å². The number of hydrogen-bond donors (Lipinski definition) is 1. The van der Waals surface area contributed by atoms with Crippen molar-refractivity contribution in [1.82, 2.24) is 19.8 Å². The van der Waals surface area contributed by atoms with Crippen LogP contribution >= 0.6 is 12.2 Å². The van der Waals surface area contributed by atoms with Gasteiger partial charge in [-0.2, -0.15) is 0 Å². The van der Waals surface area contributed by atoms with E-state index in [0.717, 1.165) is 34.3 Å². The average Bonchev–Trinajstić information content (AvgIpc) is 3.18. The molecule has 0 amide bonds. The van der Waals surface area contributed by atoms with Gasteiger partial charge in [0.1, 0.15) is 5.82 Å². The van der Waals surface area contributed by atoms with Crippen LogP contribution in [-0.2, 0) is 0 Å². The largest absolute Gasteiger partial charge is 0.352 e. The van der Waals surface area contributed by atoms with E-state index in [4.69, 9.17) is 12.2 Å². The van der Waals surface area contributed by atoms with Crippen molar-refractivity contribution in [3.8, 4) is 5.69 Å². The van der Waals surface area contributed by atoms with Gasteiger partial charge in [0.25, 0.3) is 0 Å². The summed E-state index contributed by atoms with van der Waals surface area (Å²) in [5, 5.41) is 4.16. The van der Waals surface area contributed by atoms with Crippen molar-refractivity contribution < 1.29 is 4.39 Å². The van der Waals surface area contributed by atoms with E-state index in [9.17, 15) is 4.39 Å². The Labute approximate surface area is 170 Å². The fraction of sp³-hybridized carbons (Fsp3) is 0.273. The van der Waals surface area contributed by atoms with Crippen LogP contribution in [0.5, 0.6) is 0 Å². The number of para-hydroxylation sites is 1. The normalized spacial score (nSPS) is 19.1. The van der Waals surface area contributed by atoms with E-state index in [0.29, 0.717) is 5.69 Å². The smallest absolute Gasteiger partial charge is 0.170 e. The molecule has 4 rings (SSSR count). The van der Waals surface area contributed by atoms with E-state index in [1.54, 1.807) is 12.3 Å². The number of pyridine rings is 1. The molecule has 1 aliphatic rings. The number of benzene rings is 1. The number of hydrogen-bond acceptors (Lipinski definition) is 2. The first-order valence-electron chi connectivity index (χ1n) is 9.44. The minimum atomic E-state index is -0.232. The van der Waals surface area contributed by atoms with E-state index in [1.165, 1.54) is 6.07 Å². The first-order chi connectivity index (χ1) is 13.5. The summed E-state index contributed by atoms with van der Waals surface area (Å²) >= 11 is 5.61. The lowest BCUT2D eigenvalue weighted by Gasteiger charge is -2.27. The summed E-state index contributed by atoms with van der Waals surface area (Å²) in [6, 6.07) is 14.9. The highest BCUT2D eigenvalue weighted by Gasteiger charge is 2.40. The SMILES string of the molecule is CCN1C(=S)N[C@H](c2ccccn2)[C@H]1c1cc(C)n(-c2ccccc2F)c1C. The molecule has 0 radical (unpaired) electrons. The van der Waals surface area contributed by atoms with Crippen molar-refractivity contribution in [1.29, 1.82) is 0 Å². The molecule has 0 unspecified atom stereocenters. The van der Waals surface area contributed by atoms with Gasteiger partial charge < -0.3 is 14.8 Å². The Hall–Kier alpha value is -2.73. The maximum Gasteiger partial charge on any atom is 0.170 e. The predicted octanol–water partition coefficient (Wildman–Crippen LogP) is 4.62. The van der Waals surface area contributed by atoms with E-state index < -0.39 is 0 Å². The Balaban J connectivity index is 1.85. The third kappa shape index (κ3) is 2.98. The second kappa shape index (κ2) is 7.36. The Kier molecular flexibility index (Phi) is 4.89. The molecule has 0 spiro atoms. The zero-order valence-electron chi connectivity index (χ0n) is 16.2. The van der Waals surface area contributed by atoms with Gasteiger partial charge in [0, 0.05) is 24.1 Å². The summed E-state index contributed by atoms with van der Waals surface area (Å²) in [5.41, 5.74) is 4.64. The molecule has 1 fully saturated rings. The maximum absolute atomic E-state index is 14.5. The number of rotatable bonds is 4. The van der Waals surface area contributed by atoms with Crippen molar-refractivity contribution >= 4 is 17.3 Å². The molecule has 144 valence electrons. The third-order valence-electron chi connectivity index (χ3n) is 5.42. The number of aryl methyl sites for hydroxylation is 1. The number of thiocarbonyl (C=S) groups is 1. The minimum Gasteiger partial charge on any atom is -0.352 e. The van der Waals surface area contributed by atoms with Gasteiger partial charge in [-0.15, -0.1) is 0 Å². The molecule has 1 aromatic carbocycles. The second-order valence-corrected chi connectivity index (χ2v) is 7.41. The predicted molar refractivity (Wildman–Crippen MR) is 113 cm³/mol. The summed E-state index contributed by atoms with van der Waals surface area (Å²) in [6.45, 7) is 6.93. The van der Waals surface area contributed by atoms with Crippen LogP contribution in [0.1, 0.15) is 41.7 Å². The van der Waals surface area contributed by atoms with Crippen LogP contribution in [0.4, 0.5) is 4.39 Å². The van der Waals surface area contributed by atoms with Gasteiger partial charge >= 0.3 is 0 Å². The maximum atomic E-state index is 14.5. The monoisotopic (exact) mass is 394 g/mol. The summed E-state index contributed by atoms with van der Waals surface area (Å²) in [7, 11) is 0. The molecule has 1 saturated heterocycles. The fourth-order valence-electron chi connectivity index (χ4n) is 4.18. The average molecular weight is 395 g/mol. The summed E-state index contributed by atoms with van der Waals surface area (Å²) in [4.78, 5) is 6.74. The lowest BCUT2D eigenvalue weighted by Crippen LogP contribution is -2.29. The Morgan fingerprint density at radius 1 is 1.14 bits per heavy atom. The van der Waals surface area contributed by atoms with Crippen LogP contribution in [0.3, 0.4) is 0 Å². The molecule has 28 heavy (non-hydrogen) atoms. The first-order valence-corrected chi connectivity index (χ1v) is 9.85. The number of halogens is 1. The summed E-state index contributed by atoms with van der Waals surface area (Å²) in [5.74, 6) is -0.232. The van der Waals surface area contributed by atoms with Crippen LogP contribution < -0.4 is 5.32 Å². The summed E-state index contributed by atoms with van der Waals surface area (Å²) < 4.78 is 16.5. The second-order valence-electron chi connectivity index (χ2n) is 7.03. The number of likely N-dealkylation sites (N-methyl/N-ethyl adjacent to an activating group) is 1. The van der Waals surface area contributed by atoms with Gasteiger partial charge in [0.2, 0.25) is 0 Å². The highest BCUT2D eigenvalue weighted by molar-refractivity contribution is 7.80. The molecule has 0 saturated carbocycles. The van der Waals surface area contributed by atoms with Crippen molar-refractivity contribution in [2.24, 2.45) is 0 Å². The minimum absolute atomic E-state index is 0.000812. The van der Waals surface area contributed by atoms with Gasteiger partial charge in [-0.05, 0) is 68.9 Å². The Bertz CT molecular complexity index is 1010. The van der Waals surface area contributed by atoms with Gasteiger partial charge in [0.15, 0.2) is 5.11 Å². The van der Waals surface area contributed by atoms with Crippen molar-refractivity contribution in [3.63, 3.8) is 0 Å².